The average Bonchev–Trinajstić information content (AvgIpc) is 2.66. The largest absolute Gasteiger partial charge is 0.293 e. The maximum Gasteiger partial charge on any atom is 0.178 e. The van der Waals surface area contributed by atoms with Gasteiger partial charge in [0.15, 0.2) is 5.78 Å². The van der Waals surface area contributed by atoms with Crippen molar-refractivity contribution < 1.29 is 4.79 Å². The number of carbonyl (C=O) groups is 1. The Morgan fingerprint density at radius 2 is 1.85 bits per heavy atom. The van der Waals surface area contributed by atoms with E-state index in [9.17, 15) is 4.79 Å². The lowest BCUT2D eigenvalue weighted by Crippen LogP contribution is -2.25. The molecule has 1 fully saturated rings. The summed E-state index contributed by atoms with van der Waals surface area (Å²) in [5, 5.41) is 0. The third-order valence-corrected chi connectivity index (χ3v) is 5.76. The van der Waals surface area contributed by atoms with Gasteiger partial charge in [-0.25, -0.2) is 0 Å². The Morgan fingerprint density at radius 3 is 2.40 bits per heavy atom. The Balaban J connectivity index is 2.25. The van der Waals surface area contributed by atoms with Crippen LogP contribution >= 0.6 is 39.9 Å². The molecule has 1 aliphatic rings. The van der Waals surface area contributed by atoms with E-state index in [2.05, 4.69) is 36.7 Å². The molecular formula is C16H17BrOS2. The Labute approximate surface area is 138 Å². The van der Waals surface area contributed by atoms with Crippen molar-refractivity contribution in [3.8, 4) is 0 Å². The van der Waals surface area contributed by atoms with E-state index in [1.165, 1.54) is 11.8 Å². The molecular weight excluding hydrogens is 352 g/mol. The fraction of sp³-hybridized carbons (Fsp3) is 0.375. The summed E-state index contributed by atoms with van der Waals surface area (Å²) in [6, 6.07) is 7.94. The molecule has 0 N–H and O–H groups in total. The molecule has 1 heterocycles. The van der Waals surface area contributed by atoms with Crippen LogP contribution in [-0.2, 0) is 4.79 Å². The van der Waals surface area contributed by atoms with Crippen molar-refractivity contribution in [2.24, 2.45) is 17.8 Å². The Morgan fingerprint density at radius 1 is 1.25 bits per heavy atom. The first-order valence-corrected chi connectivity index (χ1v) is 8.65. The molecule has 0 radical (unpaired) electrons. The second-order valence-corrected chi connectivity index (χ2v) is 8.12. The molecule has 0 amide bonds. The van der Waals surface area contributed by atoms with Gasteiger partial charge in [-0.1, -0.05) is 72.8 Å². The molecule has 20 heavy (non-hydrogen) atoms. The van der Waals surface area contributed by atoms with Gasteiger partial charge >= 0.3 is 0 Å². The summed E-state index contributed by atoms with van der Waals surface area (Å²) in [7, 11) is 0. The predicted molar refractivity (Wildman–Crippen MR) is 94.8 cm³/mol. The molecule has 4 heteroatoms. The van der Waals surface area contributed by atoms with Crippen molar-refractivity contribution in [3.63, 3.8) is 0 Å². The van der Waals surface area contributed by atoms with E-state index in [-0.39, 0.29) is 11.7 Å². The number of rotatable bonds is 3. The molecule has 1 aliphatic heterocycles. The molecule has 0 saturated carbocycles. The molecule has 0 aliphatic carbocycles. The van der Waals surface area contributed by atoms with Gasteiger partial charge in [-0.15, -0.1) is 0 Å². The van der Waals surface area contributed by atoms with Crippen LogP contribution in [0.5, 0.6) is 0 Å². The quantitative estimate of drug-likeness (QED) is 0.529. The number of ketones is 1. The molecule has 1 aromatic carbocycles. The lowest BCUT2D eigenvalue weighted by Gasteiger charge is -2.20. The van der Waals surface area contributed by atoms with E-state index in [4.69, 9.17) is 12.2 Å². The first-order valence-electron chi connectivity index (χ1n) is 6.63. The fourth-order valence-corrected chi connectivity index (χ4v) is 4.08. The second-order valence-electron chi connectivity index (χ2n) is 5.43. The number of halogens is 1. The van der Waals surface area contributed by atoms with Crippen LogP contribution in [0.2, 0.25) is 0 Å². The molecule has 106 valence electrons. The predicted octanol–water partition coefficient (Wildman–Crippen LogP) is 5.34. The highest BCUT2D eigenvalue weighted by Gasteiger charge is 2.39. The number of thiocarbonyl (C=S) groups is 1. The van der Waals surface area contributed by atoms with Gasteiger partial charge in [0.25, 0.3) is 0 Å². The maximum absolute atomic E-state index is 12.5. The van der Waals surface area contributed by atoms with E-state index < -0.39 is 0 Å². The van der Waals surface area contributed by atoms with Gasteiger partial charge in [0.05, 0.1) is 15.0 Å². The highest BCUT2D eigenvalue weighted by molar-refractivity contribution is 9.10. The molecule has 1 saturated heterocycles. The second kappa shape index (κ2) is 6.54. The normalized spacial score (nSPS) is 22.9. The van der Waals surface area contributed by atoms with Gasteiger partial charge in [-0.05, 0) is 35.6 Å². The Kier molecular flexibility index (Phi) is 5.21. The number of hydrogen-bond donors (Lipinski definition) is 0. The van der Waals surface area contributed by atoms with Crippen molar-refractivity contribution in [1.29, 1.82) is 0 Å². The number of allylic oxidation sites excluding steroid dienone is 1. The van der Waals surface area contributed by atoms with Crippen molar-refractivity contribution in [2.75, 3.05) is 0 Å². The van der Waals surface area contributed by atoms with E-state index in [1.54, 1.807) is 0 Å². The number of carbonyl (C=O) groups excluding carboxylic acids is 1. The van der Waals surface area contributed by atoms with Gasteiger partial charge in [-0.2, -0.15) is 0 Å². The summed E-state index contributed by atoms with van der Waals surface area (Å²) < 4.78 is 1.85. The van der Waals surface area contributed by atoms with Crippen LogP contribution in [-0.4, -0.2) is 9.98 Å². The third kappa shape index (κ3) is 3.41. The van der Waals surface area contributed by atoms with E-state index in [0.29, 0.717) is 11.8 Å². The molecule has 0 aromatic heterocycles. The Bertz CT molecular complexity index is 560. The number of benzene rings is 1. The number of hydrogen-bond acceptors (Lipinski definition) is 3. The summed E-state index contributed by atoms with van der Waals surface area (Å²) in [6.45, 7) is 6.39. The van der Waals surface area contributed by atoms with Crippen LogP contribution in [0, 0.1) is 17.8 Å². The van der Waals surface area contributed by atoms with Crippen LogP contribution in [0.25, 0.3) is 6.08 Å². The summed E-state index contributed by atoms with van der Waals surface area (Å²) in [5.74, 6) is 0.814. The lowest BCUT2D eigenvalue weighted by molar-refractivity contribution is -0.117. The lowest BCUT2D eigenvalue weighted by atomic mass is 9.83. The minimum absolute atomic E-state index is 0.114. The topological polar surface area (TPSA) is 17.1 Å². The smallest absolute Gasteiger partial charge is 0.178 e. The number of thioether (sulfide) groups is 1. The van der Waals surface area contributed by atoms with E-state index in [0.717, 1.165) is 19.1 Å². The minimum atomic E-state index is -0.114. The molecule has 0 spiro atoms. The molecule has 2 unspecified atom stereocenters. The fourth-order valence-electron chi connectivity index (χ4n) is 2.13. The minimum Gasteiger partial charge on any atom is -0.293 e. The summed E-state index contributed by atoms with van der Waals surface area (Å²) in [6.07, 6.45) is 1.94. The van der Waals surface area contributed by atoms with E-state index >= 15 is 0 Å². The monoisotopic (exact) mass is 368 g/mol. The van der Waals surface area contributed by atoms with Crippen LogP contribution < -0.4 is 0 Å². The molecule has 0 bridgehead atoms. The van der Waals surface area contributed by atoms with Gasteiger partial charge in [0.2, 0.25) is 0 Å². The zero-order chi connectivity index (χ0) is 14.9. The SMILES string of the molecule is CC(C)C(C)C1C(=O)/C(=C\c2ccc(Br)cc2)SC1=S. The van der Waals surface area contributed by atoms with Crippen LogP contribution in [0.1, 0.15) is 26.3 Å². The highest BCUT2D eigenvalue weighted by Crippen LogP contribution is 2.41. The van der Waals surface area contributed by atoms with Crippen molar-refractivity contribution in [3.05, 3.63) is 39.2 Å². The van der Waals surface area contributed by atoms with Gasteiger partial charge in [0, 0.05) is 4.47 Å². The number of Topliss-reactive ketones (excluding diaryl/α,β-unsaturated/α-hetero) is 1. The molecule has 1 aromatic rings. The van der Waals surface area contributed by atoms with Gasteiger partial charge < -0.3 is 0 Å². The first kappa shape index (κ1) is 15.9. The van der Waals surface area contributed by atoms with Crippen LogP contribution in [0.3, 0.4) is 0 Å². The first-order chi connectivity index (χ1) is 9.40. The molecule has 2 rings (SSSR count). The summed E-state index contributed by atoms with van der Waals surface area (Å²) in [4.78, 5) is 13.3. The standard InChI is InChI=1S/C16H17BrOS2/c1-9(2)10(3)14-15(18)13(20-16(14)19)8-11-4-6-12(17)7-5-11/h4-10,14H,1-3H3/b13-8+. The Hall–Kier alpha value is -0.450. The molecule has 2 atom stereocenters. The molecule has 1 nitrogen and oxygen atoms in total. The van der Waals surface area contributed by atoms with E-state index in [1.807, 2.05) is 30.3 Å². The van der Waals surface area contributed by atoms with Crippen LogP contribution in [0.4, 0.5) is 0 Å². The van der Waals surface area contributed by atoms with Crippen molar-refractivity contribution in [1.82, 2.24) is 0 Å². The zero-order valence-electron chi connectivity index (χ0n) is 11.7. The van der Waals surface area contributed by atoms with Gasteiger partial charge in [-0.3, -0.25) is 4.79 Å². The summed E-state index contributed by atoms with van der Waals surface area (Å²) in [5.41, 5.74) is 1.03. The summed E-state index contributed by atoms with van der Waals surface area (Å²) >= 11 is 10.3. The zero-order valence-corrected chi connectivity index (χ0v) is 14.9. The van der Waals surface area contributed by atoms with Crippen LogP contribution in [0.15, 0.2) is 33.6 Å². The third-order valence-electron chi connectivity index (χ3n) is 3.73. The average molecular weight is 369 g/mol. The van der Waals surface area contributed by atoms with Crippen molar-refractivity contribution in [2.45, 2.75) is 20.8 Å². The maximum atomic E-state index is 12.5. The van der Waals surface area contributed by atoms with Crippen molar-refractivity contribution >= 4 is 56.0 Å². The van der Waals surface area contributed by atoms with Gasteiger partial charge in [0.1, 0.15) is 0 Å². The highest BCUT2D eigenvalue weighted by atomic mass is 79.9.